The predicted octanol–water partition coefficient (Wildman–Crippen LogP) is 7.57. The van der Waals surface area contributed by atoms with Gasteiger partial charge < -0.3 is 19.1 Å². The Hall–Kier alpha value is -2.34. The average molecular weight is 657 g/mol. The third-order valence-electron chi connectivity index (χ3n) is 9.66. The lowest BCUT2D eigenvalue weighted by Crippen LogP contribution is -2.44. The van der Waals surface area contributed by atoms with E-state index in [1.165, 1.54) is 0 Å². The van der Waals surface area contributed by atoms with Crippen molar-refractivity contribution in [2.24, 2.45) is 11.8 Å². The normalized spacial score (nSPS) is 25.3. The van der Waals surface area contributed by atoms with Crippen LogP contribution in [0.3, 0.4) is 0 Å². The number of nitrogens with zero attached hydrogens (tertiary/aromatic N) is 5. The van der Waals surface area contributed by atoms with Crippen LogP contribution in [0.1, 0.15) is 61.3 Å². The second-order valence-corrected chi connectivity index (χ2v) is 20.4. The van der Waals surface area contributed by atoms with Crippen molar-refractivity contribution in [3.8, 4) is 11.3 Å². The third-order valence-corrected chi connectivity index (χ3v) is 12.0. The van der Waals surface area contributed by atoms with Crippen molar-refractivity contribution in [2.45, 2.75) is 95.2 Å². The van der Waals surface area contributed by atoms with Gasteiger partial charge in [-0.05, 0) is 74.6 Å². The van der Waals surface area contributed by atoms with E-state index in [9.17, 15) is 5.11 Å². The minimum Gasteiger partial charge on any atom is -0.385 e. The molecule has 0 saturated heterocycles. The lowest BCUT2D eigenvalue weighted by molar-refractivity contribution is -0.116. The standard InChI is InChI=1S/C32H39Cl2N5O4Si/c1-44(2,3)12-11-41-18-39-31-27(36-38-39)15-22(16-35-31)32(40)20-9-10-21(32)14-23(13-20)42-17-24-29(37-43-30(24)19-7-8-19)28-25(33)5-4-6-26(28)34/h4-6,15-16,19-21,23,40H,7-14,17-18H2,1-3H3/t20-,21+,23?,32?. The zero-order valence-electron chi connectivity index (χ0n) is 25.4. The summed E-state index contributed by atoms with van der Waals surface area (Å²) in [5, 5.41) is 26.3. The maximum absolute atomic E-state index is 12.2. The number of pyridine rings is 1. The van der Waals surface area contributed by atoms with Crippen LogP contribution in [0.2, 0.25) is 35.7 Å². The predicted molar refractivity (Wildman–Crippen MR) is 171 cm³/mol. The molecule has 3 aromatic heterocycles. The van der Waals surface area contributed by atoms with Gasteiger partial charge >= 0.3 is 0 Å². The Morgan fingerprint density at radius 1 is 1.09 bits per heavy atom. The van der Waals surface area contributed by atoms with Gasteiger partial charge in [0.1, 0.15) is 23.7 Å². The number of ether oxygens (including phenoxy) is 2. The molecule has 3 aliphatic rings. The number of aliphatic hydroxyl groups is 1. The molecule has 0 radical (unpaired) electrons. The molecule has 9 nitrogen and oxygen atoms in total. The number of aromatic nitrogens is 5. The SMILES string of the molecule is C[Si](C)(C)CCOCn1nnc2cc(C3(O)[C@@H]4CC[C@H]3CC(OCc3c(-c5c(Cl)cccc5Cl)noc3C3CC3)C4)cnc21. The number of fused-ring (bicyclic) bond motifs is 3. The summed E-state index contributed by atoms with van der Waals surface area (Å²) in [5.41, 5.74) is 3.46. The van der Waals surface area contributed by atoms with E-state index in [0.29, 0.717) is 58.3 Å². The Morgan fingerprint density at radius 2 is 1.82 bits per heavy atom. The molecule has 0 amide bonds. The van der Waals surface area contributed by atoms with Gasteiger partial charge in [0.15, 0.2) is 5.65 Å². The van der Waals surface area contributed by atoms with Gasteiger partial charge in [-0.3, -0.25) is 0 Å². The summed E-state index contributed by atoms with van der Waals surface area (Å²) >= 11 is 13.1. The van der Waals surface area contributed by atoms with E-state index in [2.05, 4.69) is 35.1 Å². The topological polar surface area (TPSA) is 108 Å². The number of hydrogen-bond acceptors (Lipinski definition) is 8. The lowest BCUT2D eigenvalue weighted by atomic mass is 9.70. The van der Waals surface area contributed by atoms with Crippen LogP contribution >= 0.6 is 23.2 Å². The van der Waals surface area contributed by atoms with Gasteiger partial charge in [-0.1, -0.05) is 59.3 Å². The van der Waals surface area contributed by atoms with Gasteiger partial charge in [0.05, 0.1) is 28.4 Å². The van der Waals surface area contributed by atoms with E-state index >= 15 is 0 Å². The molecule has 4 atom stereocenters. The number of benzene rings is 1. The molecule has 1 N–H and O–H groups in total. The fourth-order valence-electron chi connectivity index (χ4n) is 7.06. The van der Waals surface area contributed by atoms with Crippen LogP contribution in [0.15, 0.2) is 35.0 Å². The maximum atomic E-state index is 12.2. The first-order valence-electron chi connectivity index (χ1n) is 15.7. The molecule has 1 aromatic carbocycles. The Bertz CT molecular complexity index is 1630. The first-order chi connectivity index (χ1) is 21.1. The highest BCUT2D eigenvalue weighted by atomic mass is 35.5. The van der Waals surface area contributed by atoms with E-state index < -0.39 is 13.7 Å². The summed E-state index contributed by atoms with van der Waals surface area (Å²) in [6.45, 7) is 8.39. The van der Waals surface area contributed by atoms with Crippen molar-refractivity contribution in [3.63, 3.8) is 0 Å². The zero-order valence-corrected chi connectivity index (χ0v) is 27.9. The smallest absolute Gasteiger partial charge is 0.180 e. The summed E-state index contributed by atoms with van der Waals surface area (Å²) in [6.07, 6.45) is 7.37. The van der Waals surface area contributed by atoms with Crippen LogP contribution in [0.4, 0.5) is 0 Å². The Morgan fingerprint density at radius 3 is 2.50 bits per heavy atom. The van der Waals surface area contributed by atoms with Gasteiger partial charge in [-0.25, -0.2) is 9.67 Å². The van der Waals surface area contributed by atoms with Crippen LogP contribution in [0.5, 0.6) is 0 Å². The highest BCUT2D eigenvalue weighted by Gasteiger charge is 2.55. The fourth-order valence-corrected chi connectivity index (χ4v) is 8.39. The van der Waals surface area contributed by atoms with Crippen molar-refractivity contribution in [3.05, 3.63) is 57.4 Å². The van der Waals surface area contributed by atoms with Crippen LogP contribution in [-0.4, -0.2) is 51.0 Å². The summed E-state index contributed by atoms with van der Waals surface area (Å²) in [4.78, 5) is 4.70. The molecular formula is C32H39Cl2N5O4Si. The van der Waals surface area contributed by atoms with Crippen LogP contribution < -0.4 is 0 Å². The summed E-state index contributed by atoms with van der Waals surface area (Å²) in [7, 11) is -1.16. The fraction of sp³-hybridized carbons (Fsp3) is 0.562. The van der Waals surface area contributed by atoms with E-state index in [1.54, 1.807) is 10.9 Å². The van der Waals surface area contributed by atoms with Crippen molar-refractivity contribution in [1.82, 2.24) is 25.1 Å². The molecule has 3 fully saturated rings. The maximum Gasteiger partial charge on any atom is 0.180 e. The second kappa shape index (κ2) is 11.8. The van der Waals surface area contributed by atoms with Gasteiger partial charge in [-0.2, -0.15) is 0 Å². The highest BCUT2D eigenvalue weighted by Crippen LogP contribution is 2.56. The quantitative estimate of drug-likeness (QED) is 0.130. The lowest BCUT2D eigenvalue weighted by Gasteiger charge is -2.42. The molecule has 4 aromatic rings. The molecule has 0 aliphatic heterocycles. The molecule has 2 bridgehead atoms. The van der Waals surface area contributed by atoms with Crippen molar-refractivity contribution < 1.29 is 19.1 Å². The van der Waals surface area contributed by atoms with E-state index in [1.807, 2.05) is 24.3 Å². The molecule has 3 aliphatic carbocycles. The third kappa shape index (κ3) is 5.73. The van der Waals surface area contributed by atoms with Gasteiger partial charge in [0.2, 0.25) is 0 Å². The zero-order chi connectivity index (χ0) is 30.6. The summed E-state index contributed by atoms with van der Waals surface area (Å²) in [6, 6.07) is 8.50. The number of halogens is 2. The molecule has 3 heterocycles. The average Bonchev–Trinajstić information content (AvgIpc) is 3.59. The van der Waals surface area contributed by atoms with Crippen molar-refractivity contribution in [1.29, 1.82) is 0 Å². The molecule has 12 heteroatoms. The molecule has 234 valence electrons. The Balaban J connectivity index is 1.05. The number of hydrogen-bond donors (Lipinski definition) is 1. The van der Waals surface area contributed by atoms with Crippen molar-refractivity contribution >= 4 is 42.4 Å². The minimum atomic E-state index is -1.16. The molecule has 44 heavy (non-hydrogen) atoms. The molecule has 7 rings (SSSR count). The largest absolute Gasteiger partial charge is 0.385 e. The highest BCUT2D eigenvalue weighted by molar-refractivity contribution is 6.76. The van der Waals surface area contributed by atoms with Gasteiger partial charge in [0, 0.05) is 43.5 Å². The first-order valence-corrected chi connectivity index (χ1v) is 20.1. The number of rotatable bonds is 11. The van der Waals surface area contributed by atoms with Crippen molar-refractivity contribution in [2.75, 3.05) is 6.61 Å². The molecule has 0 spiro atoms. The first kappa shape index (κ1) is 30.3. The molecule has 2 unspecified atom stereocenters. The Kier molecular flexibility index (Phi) is 8.12. The van der Waals surface area contributed by atoms with Gasteiger partial charge in [0.25, 0.3) is 0 Å². The van der Waals surface area contributed by atoms with Crippen LogP contribution in [0, 0.1) is 11.8 Å². The second-order valence-electron chi connectivity index (χ2n) is 13.9. The summed E-state index contributed by atoms with van der Waals surface area (Å²) < 4.78 is 20.0. The monoisotopic (exact) mass is 655 g/mol. The van der Waals surface area contributed by atoms with Crippen LogP contribution in [0.25, 0.3) is 22.4 Å². The van der Waals surface area contributed by atoms with E-state index in [4.69, 9.17) is 42.2 Å². The van der Waals surface area contributed by atoms with Crippen LogP contribution in [-0.2, 0) is 28.4 Å². The van der Waals surface area contributed by atoms with Gasteiger partial charge in [-0.15, -0.1) is 5.10 Å². The minimum absolute atomic E-state index is 0.00942. The Labute approximate surface area is 268 Å². The van der Waals surface area contributed by atoms with E-state index in [-0.39, 0.29) is 17.9 Å². The molecular weight excluding hydrogens is 617 g/mol. The molecule has 3 saturated carbocycles. The summed E-state index contributed by atoms with van der Waals surface area (Å²) in [5.74, 6) is 1.36. The van der Waals surface area contributed by atoms with E-state index in [0.717, 1.165) is 61.5 Å².